The van der Waals surface area contributed by atoms with Crippen molar-refractivity contribution in [1.29, 1.82) is 0 Å². The van der Waals surface area contributed by atoms with Gasteiger partial charge in [0.2, 0.25) is 5.91 Å². The normalized spacial score (nSPS) is 16.0. The summed E-state index contributed by atoms with van der Waals surface area (Å²) in [6, 6.07) is 0. The quantitative estimate of drug-likeness (QED) is 0.820. The van der Waals surface area contributed by atoms with Crippen molar-refractivity contribution in [3.05, 3.63) is 12.7 Å². The third kappa shape index (κ3) is 2.42. The monoisotopic (exact) mass is 276 g/mol. The summed E-state index contributed by atoms with van der Waals surface area (Å²) in [6.07, 6.45) is 3.97. The maximum atomic E-state index is 11.6. The number of hydrogen-bond acceptors (Lipinski definition) is 6. The number of fused-ring (bicyclic) bond motifs is 1. The van der Waals surface area contributed by atoms with Crippen molar-refractivity contribution < 1.29 is 9.53 Å². The Morgan fingerprint density at radius 3 is 3.05 bits per heavy atom. The van der Waals surface area contributed by atoms with Gasteiger partial charge in [-0.25, -0.2) is 15.0 Å². The number of imidazole rings is 1. The minimum Gasteiger partial charge on any atom is -0.382 e. The maximum Gasteiger partial charge on any atom is 0.248 e. The molecule has 1 amide bonds. The second kappa shape index (κ2) is 5.41. The zero-order valence-corrected chi connectivity index (χ0v) is 11.0. The Labute approximate surface area is 115 Å². The van der Waals surface area contributed by atoms with Crippen LogP contribution in [0.25, 0.3) is 11.2 Å². The Kier molecular flexibility index (Phi) is 3.46. The first-order valence-corrected chi connectivity index (χ1v) is 6.52. The van der Waals surface area contributed by atoms with Gasteiger partial charge in [-0.2, -0.15) is 0 Å². The first kappa shape index (κ1) is 12.8. The summed E-state index contributed by atoms with van der Waals surface area (Å²) in [7, 11) is 0. The molecular formula is C12H16N6O2. The topological polar surface area (TPSA) is 99.2 Å². The van der Waals surface area contributed by atoms with Gasteiger partial charge in [-0.3, -0.25) is 4.79 Å². The van der Waals surface area contributed by atoms with E-state index in [2.05, 4.69) is 15.0 Å². The molecule has 3 rings (SSSR count). The van der Waals surface area contributed by atoms with Crippen molar-refractivity contribution in [3.8, 4) is 0 Å². The number of aryl methyl sites for hydroxylation is 1. The summed E-state index contributed by atoms with van der Waals surface area (Å²) in [4.78, 5) is 25.7. The molecule has 3 heterocycles. The number of nitrogens with two attached hydrogens (primary N) is 1. The molecule has 0 radical (unpaired) electrons. The van der Waals surface area contributed by atoms with Crippen LogP contribution in [0, 0.1) is 0 Å². The van der Waals surface area contributed by atoms with Gasteiger partial charge in [0.15, 0.2) is 11.5 Å². The lowest BCUT2D eigenvalue weighted by atomic mass is 10.3. The molecule has 106 valence electrons. The lowest BCUT2D eigenvalue weighted by molar-refractivity contribution is -0.142. The molecular weight excluding hydrogens is 260 g/mol. The number of morpholine rings is 1. The fraction of sp³-hybridized carbons (Fsp3) is 0.500. The van der Waals surface area contributed by atoms with Crippen molar-refractivity contribution in [2.45, 2.75) is 13.0 Å². The fourth-order valence-electron chi connectivity index (χ4n) is 2.28. The minimum atomic E-state index is 0.0540. The zero-order valence-electron chi connectivity index (χ0n) is 11.0. The van der Waals surface area contributed by atoms with Crippen LogP contribution >= 0.6 is 0 Å². The molecule has 2 aromatic rings. The van der Waals surface area contributed by atoms with Crippen molar-refractivity contribution in [3.63, 3.8) is 0 Å². The smallest absolute Gasteiger partial charge is 0.248 e. The molecule has 8 heteroatoms. The predicted octanol–water partition coefficient (Wildman–Crippen LogP) is -0.343. The molecule has 1 aliphatic heterocycles. The van der Waals surface area contributed by atoms with Crippen LogP contribution in [0.5, 0.6) is 0 Å². The summed E-state index contributed by atoms with van der Waals surface area (Å²) in [5.74, 6) is 0.440. The predicted molar refractivity (Wildman–Crippen MR) is 71.8 cm³/mol. The van der Waals surface area contributed by atoms with E-state index in [1.54, 1.807) is 6.33 Å². The largest absolute Gasteiger partial charge is 0.382 e. The molecule has 1 saturated heterocycles. The third-order valence-electron chi connectivity index (χ3n) is 3.34. The van der Waals surface area contributed by atoms with E-state index in [0.717, 1.165) is 18.6 Å². The van der Waals surface area contributed by atoms with E-state index in [9.17, 15) is 4.79 Å². The maximum absolute atomic E-state index is 11.6. The Bertz CT molecular complexity index is 625. The fourth-order valence-corrected chi connectivity index (χ4v) is 2.28. The van der Waals surface area contributed by atoms with Crippen molar-refractivity contribution in [2.24, 2.45) is 0 Å². The number of nitrogens with zero attached hydrogens (tertiary/aromatic N) is 5. The Morgan fingerprint density at radius 2 is 2.20 bits per heavy atom. The Morgan fingerprint density at radius 1 is 1.30 bits per heavy atom. The van der Waals surface area contributed by atoms with Crippen LogP contribution in [-0.2, 0) is 16.1 Å². The number of rotatable bonds is 4. The average molecular weight is 276 g/mol. The summed E-state index contributed by atoms with van der Waals surface area (Å²) in [6.45, 7) is 2.92. The molecule has 0 aromatic carbocycles. The van der Waals surface area contributed by atoms with Crippen LogP contribution in [0.4, 0.5) is 5.82 Å². The molecule has 0 atom stereocenters. The highest BCUT2D eigenvalue weighted by Gasteiger charge is 2.17. The summed E-state index contributed by atoms with van der Waals surface area (Å²) >= 11 is 0. The first-order chi connectivity index (χ1) is 9.75. The van der Waals surface area contributed by atoms with Gasteiger partial charge in [-0.1, -0.05) is 0 Å². The van der Waals surface area contributed by atoms with Crippen LogP contribution in [0.1, 0.15) is 6.42 Å². The van der Waals surface area contributed by atoms with Crippen LogP contribution in [0.2, 0.25) is 0 Å². The molecule has 0 saturated carbocycles. The molecule has 8 nitrogen and oxygen atoms in total. The van der Waals surface area contributed by atoms with Crippen LogP contribution < -0.4 is 5.73 Å². The number of ether oxygens (including phenoxy) is 1. The van der Waals surface area contributed by atoms with Crippen molar-refractivity contribution in [2.75, 3.05) is 32.0 Å². The Hall–Kier alpha value is -2.22. The highest BCUT2D eigenvalue weighted by molar-refractivity contribution is 5.81. The number of amides is 1. The number of hydrogen-bond donors (Lipinski definition) is 1. The van der Waals surface area contributed by atoms with E-state index in [1.807, 2.05) is 9.47 Å². The number of aromatic nitrogens is 4. The van der Waals surface area contributed by atoms with E-state index in [-0.39, 0.29) is 12.5 Å². The molecule has 1 fully saturated rings. The van der Waals surface area contributed by atoms with Gasteiger partial charge in [0.25, 0.3) is 0 Å². The van der Waals surface area contributed by atoms with Gasteiger partial charge in [0.05, 0.1) is 12.9 Å². The van der Waals surface area contributed by atoms with Crippen LogP contribution in [0.3, 0.4) is 0 Å². The van der Waals surface area contributed by atoms with Crippen molar-refractivity contribution in [1.82, 2.24) is 24.4 Å². The lowest BCUT2D eigenvalue weighted by Gasteiger charge is -2.26. The molecule has 2 N–H and O–H groups in total. The SMILES string of the molecule is Nc1ncnc2c1ncn2CCCN1CCOCC1=O. The second-order valence-electron chi connectivity index (χ2n) is 4.66. The first-order valence-electron chi connectivity index (χ1n) is 6.52. The van der Waals surface area contributed by atoms with Gasteiger partial charge in [-0.05, 0) is 6.42 Å². The second-order valence-corrected chi connectivity index (χ2v) is 4.66. The molecule has 20 heavy (non-hydrogen) atoms. The van der Waals surface area contributed by atoms with E-state index in [0.29, 0.717) is 31.0 Å². The van der Waals surface area contributed by atoms with E-state index in [1.165, 1.54) is 6.33 Å². The molecule has 0 bridgehead atoms. The minimum absolute atomic E-state index is 0.0540. The number of anilines is 1. The lowest BCUT2D eigenvalue weighted by Crippen LogP contribution is -2.42. The number of carbonyl (C=O) groups is 1. The van der Waals surface area contributed by atoms with Gasteiger partial charge in [0.1, 0.15) is 18.5 Å². The molecule has 1 aliphatic rings. The van der Waals surface area contributed by atoms with E-state index in [4.69, 9.17) is 10.5 Å². The average Bonchev–Trinajstić information content (AvgIpc) is 2.86. The summed E-state index contributed by atoms with van der Waals surface area (Å²) in [5, 5.41) is 0. The molecule has 0 unspecified atom stereocenters. The highest BCUT2D eigenvalue weighted by atomic mass is 16.5. The van der Waals surface area contributed by atoms with Gasteiger partial charge in [-0.15, -0.1) is 0 Å². The standard InChI is InChI=1S/C12H16N6O2/c13-11-10-12(15-7-14-11)18(8-16-10)3-1-2-17-4-5-20-6-9(17)19/h7-8H,1-6H2,(H2,13,14,15). The van der Waals surface area contributed by atoms with Crippen molar-refractivity contribution >= 4 is 22.9 Å². The molecule has 2 aromatic heterocycles. The molecule has 0 spiro atoms. The Balaban J connectivity index is 1.63. The van der Waals surface area contributed by atoms with Gasteiger partial charge in [0, 0.05) is 19.6 Å². The van der Waals surface area contributed by atoms with Gasteiger partial charge >= 0.3 is 0 Å². The van der Waals surface area contributed by atoms with Crippen LogP contribution in [0.15, 0.2) is 12.7 Å². The summed E-state index contributed by atoms with van der Waals surface area (Å²) < 4.78 is 7.03. The zero-order chi connectivity index (χ0) is 13.9. The van der Waals surface area contributed by atoms with E-state index < -0.39 is 0 Å². The third-order valence-corrected chi connectivity index (χ3v) is 3.34. The number of carbonyl (C=O) groups excluding carboxylic acids is 1. The molecule has 0 aliphatic carbocycles. The number of nitrogen functional groups attached to an aromatic ring is 1. The van der Waals surface area contributed by atoms with Crippen LogP contribution in [-0.4, -0.2) is 56.6 Å². The van der Waals surface area contributed by atoms with Gasteiger partial charge < -0.3 is 19.9 Å². The summed E-state index contributed by atoms with van der Waals surface area (Å²) in [5.41, 5.74) is 7.09. The highest BCUT2D eigenvalue weighted by Crippen LogP contribution is 2.14. The van der Waals surface area contributed by atoms with E-state index >= 15 is 0 Å².